The van der Waals surface area contributed by atoms with Crippen molar-refractivity contribution in [2.45, 2.75) is 0 Å². The second kappa shape index (κ2) is 5.06. The predicted molar refractivity (Wildman–Crippen MR) is 74.9 cm³/mol. The van der Waals surface area contributed by atoms with E-state index in [4.69, 9.17) is 20.8 Å². The summed E-state index contributed by atoms with van der Waals surface area (Å²) in [6, 6.07) is 7.29. The van der Waals surface area contributed by atoms with E-state index in [0.29, 0.717) is 16.1 Å². The summed E-state index contributed by atoms with van der Waals surface area (Å²) in [7, 11) is 1.17. The Morgan fingerprint density at radius 2 is 2.10 bits per heavy atom. The van der Waals surface area contributed by atoms with Crippen LogP contribution < -0.4 is 10.2 Å². The Bertz CT molecular complexity index is 873. The monoisotopic (exact) mass is 305 g/mol. The molecule has 0 fully saturated rings. The van der Waals surface area contributed by atoms with Gasteiger partial charge in [-0.05, 0) is 18.2 Å². The highest BCUT2D eigenvalue weighted by atomic mass is 35.5. The van der Waals surface area contributed by atoms with Crippen LogP contribution in [0, 0.1) is 0 Å². The van der Waals surface area contributed by atoms with Crippen molar-refractivity contribution in [3.63, 3.8) is 0 Å². The normalized spacial score (nSPS) is 10.8. The van der Waals surface area contributed by atoms with E-state index < -0.39 is 6.16 Å². The van der Waals surface area contributed by atoms with Crippen LogP contribution in [0.2, 0.25) is 5.02 Å². The molecule has 106 valence electrons. The standard InChI is InChI=1S/C14H8ClNO5/c1-19-14(18)21-12-6-8(17)5-11-13(12)16-9-4-7(15)2-3-10(9)20-11/h2-6H,1H3. The summed E-state index contributed by atoms with van der Waals surface area (Å²) in [5, 5.41) is 0.487. The molecule has 0 N–H and O–H groups in total. The number of ether oxygens (including phenoxy) is 2. The summed E-state index contributed by atoms with van der Waals surface area (Å²) in [6.45, 7) is 0. The van der Waals surface area contributed by atoms with Gasteiger partial charge in [0.1, 0.15) is 11.2 Å². The minimum atomic E-state index is -0.949. The van der Waals surface area contributed by atoms with Gasteiger partial charge < -0.3 is 13.9 Å². The summed E-state index contributed by atoms with van der Waals surface area (Å²) in [4.78, 5) is 27.2. The van der Waals surface area contributed by atoms with E-state index >= 15 is 0 Å². The van der Waals surface area contributed by atoms with Crippen LogP contribution in [0.1, 0.15) is 0 Å². The van der Waals surface area contributed by atoms with Gasteiger partial charge in [-0.25, -0.2) is 9.78 Å². The van der Waals surface area contributed by atoms with Gasteiger partial charge in [-0.2, -0.15) is 0 Å². The van der Waals surface area contributed by atoms with Crippen molar-refractivity contribution in [3.8, 4) is 17.2 Å². The van der Waals surface area contributed by atoms with Gasteiger partial charge in [0.15, 0.2) is 22.5 Å². The molecule has 21 heavy (non-hydrogen) atoms. The number of fused-ring (bicyclic) bond motifs is 2. The number of nitrogens with zero attached hydrogens (tertiary/aromatic N) is 1. The Hall–Kier alpha value is -2.60. The average Bonchev–Trinajstić information content (AvgIpc) is 2.45. The Kier molecular flexibility index (Phi) is 3.23. The highest BCUT2D eigenvalue weighted by Crippen LogP contribution is 2.32. The largest absolute Gasteiger partial charge is 0.513 e. The van der Waals surface area contributed by atoms with Crippen LogP contribution in [0.25, 0.3) is 22.6 Å². The van der Waals surface area contributed by atoms with Crippen LogP contribution in [0.15, 0.2) is 39.5 Å². The summed E-state index contributed by atoms with van der Waals surface area (Å²) in [6.07, 6.45) is -0.949. The van der Waals surface area contributed by atoms with Crippen LogP contribution in [-0.2, 0) is 4.74 Å². The third-order valence-electron chi connectivity index (χ3n) is 2.75. The van der Waals surface area contributed by atoms with Gasteiger partial charge in [-0.15, -0.1) is 0 Å². The first-order valence-corrected chi connectivity index (χ1v) is 6.24. The third kappa shape index (κ3) is 2.53. The minimum absolute atomic E-state index is 0.0324. The van der Waals surface area contributed by atoms with Crippen LogP contribution in [0.3, 0.4) is 0 Å². The topological polar surface area (TPSA) is 78.6 Å². The minimum Gasteiger partial charge on any atom is -0.453 e. The lowest BCUT2D eigenvalue weighted by Gasteiger charge is -2.10. The number of carbonyl (C=O) groups is 1. The van der Waals surface area contributed by atoms with E-state index in [-0.39, 0.29) is 22.6 Å². The first kappa shape index (κ1) is 13.4. The van der Waals surface area contributed by atoms with Gasteiger partial charge in [-0.1, -0.05) is 11.6 Å². The predicted octanol–water partition coefficient (Wildman–Crippen LogP) is 3.09. The number of hydrogen-bond donors (Lipinski definition) is 0. The van der Waals surface area contributed by atoms with Gasteiger partial charge in [0.2, 0.25) is 0 Å². The molecule has 0 aromatic heterocycles. The SMILES string of the molecule is COC(=O)Oc1cc(=O)cc2oc3ccc(Cl)cc3nc1-2. The smallest absolute Gasteiger partial charge is 0.453 e. The van der Waals surface area contributed by atoms with Crippen LogP contribution in [-0.4, -0.2) is 18.2 Å². The van der Waals surface area contributed by atoms with E-state index in [1.54, 1.807) is 18.2 Å². The molecule has 0 atom stereocenters. The Morgan fingerprint density at radius 1 is 1.29 bits per heavy atom. The van der Waals surface area contributed by atoms with E-state index in [0.717, 1.165) is 6.07 Å². The fraction of sp³-hybridized carbons (Fsp3) is 0.0714. The molecule has 0 saturated heterocycles. The first-order valence-electron chi connectivity index (χ1n) is 5.87. The molecular formula is C14H8ClNO5. The van der Waals surface area contributed by atoms with Gasteiger partial charge in [0.05, 0.1) is 7.11 Å². The molecule has 0 radical (unpaired) electrons. The average molecular weight is 306 g/mol. The van der Waals surface area contributed by atoms with Crippen LogP contribution in [0.4, 0.5) is 4.79 Å². The fourth-order valence-corrected chi connectivity index (χ4v) is 2.02. The molecule has 1 aromatic carbocycles. The molecule has 1 heterocycles. The zero-order valence-corrected chi connectivity index (χ0v) is 11.5. The van der Waals surface area contributed by atoms with Crippen molar-refractivity contribution in [1.82, 2.24) is 4.98 Å². The van der Waals surface area contributed by atoms with Gasteiger partial charge in [-0.3, -0.25) is 4.79 Å². The van der Waals surface area contributed by atoms with E-state index in [9.17, 15) is 9.59 Å². The molecule has 1 aromatic rings. The highest BCUT2D eigenvalue weighted by molar-refractivity contribution is 6.31. The number of aromatic nitrogens is 1. The first-order chi connectivity index (χ1) is 10.1. The summed E-state index contributed by atoms with van der Waals surface area (Å²) in [5.41, 5.74) is 0.792. The number of rotatable bonds is 1. The van der Waals surface area contributed by atoms with Crippen molar-refractivity contribution in [3.05, 3.63) is 45.6 Å². The molecular weight excluding hydrogens is 298 g/mol. The molecule has 0 spiro atoms. The van der Waals surface area contributed by atoms with Crippen molar-refractivity contribution in [2.75, 3.05) is 7.11 Å². The lowest BCUT2D eigenvalue weighted by Crippen LogP contribution is -2.11. The van der Waals surface area contributed by atoms with Gasteiger partial charge in [0, 0.05) is 17.2 Å². The number of hydrogen-bond acceptors (Lipinski definition) is 6. The zero-order chi connectivity index (χ0) is 15.0. The summed E-state index contributed by atoms with van der Waals surface area (Å²) in [5.74, 6) is 0.172. The Balaban J connectivity index is 2.28. The van der Waals surface area contributed by atoms with Crippen LogP contribution in [0.5, 0.6) is 5.75 Å². The zero-order valence-electron chi connectivity index (χ0n) is 10.8. The fourth-order valence-electron chi connectivity index (χ4n) is 1.86. The summed E-state index contributed by atoms with van der Waals surface area (Å²) >= 11 is 5.90. The molecule has 1 aliphatic heterocycles. The highest BCUT2D eigenvalue weighted by Gasteiger charge is 2.19. The number of halogens is 1. The lowest BCUT2D eigenvalue weighted by molar-refractivity contribution is 0.121. The molecule has 0 bridgehead atoms. The van der Waals surface area contributed by atoms with Gasteiger partial charge >= 0.3 is 6.16 Å². The maximum Gasteiger partial charge on any atom is 0.513 e. The number of carbonyl (C=O) groups excluding carboxylic acids is 1. The molecule has 0 amide bonds. The molecule has 2 aliphatic rings. The van der Waals surface area contributed by atoms with Crippen molar-refractivity contribution < 1.29 is 18.7 Å². The molecule has 3 rings (SSSR count). The van der Waals surface area contributed by atoms with E-state index in [1.165, 1.54) is 13.2 Å². The third-order valence-corrected chi connectivity index (χ3v) is 2.98. The van der Waals surface area contributed by atoms with Crippen molar-refractivity contribution >= 4 is 28.9 Å². The number of benzene rings is 2. The number of methoxy groups -OCH3 is 1. The maximum absolute atomic E-state index is 11.6. The molecule has 0 unspecified atom stereocenters. The second-order valence-corrected chi connectivity index (χ2v) is 4.59. The van der Waals surface area contributed by atoms with Gasteiger partial charge in [0.25, 0.3) is 0 Å². The maximum atomic E-state index is 11.6. The Morgan fingerprint density at radius 3 is 2.86 bits per heavy atom. The van der Waals surface area contributed by atoms with E-state index in [2.05, 4.69) is 9.72 Å². The lowest BCUT2D eigenvalue weighted by atomic mass is 10.2. The van der Waals surface area contributed by atoms with E-state index in [1.807, 2.05) is 0 Å². The Labute approximate surface area is 123 Å². The van der Waals surface area contributed by atoms with Crippen LogP contribution >= 0.6 is 11.6 Å². The van der Waals surface area contributed by atoms with Crippen molar-refractivity contribution in [2.24, 2.45) is 0 Å². The second-order valence-electron chi connectivity index (χ2n) is 4.15. The molecule has 1 aliphatic carbocycles. The van der Waals surface area contributed by atoms with Crippen molar-refractivity contribution in [1.29, 1.82) is 0 Å². The molecule has 0 saturated carbocycles. The quantitative estimate of drug-likeness (QED) is 0.390. The molecule has 6 nitrogen and oxygen atoms in total. The summed E-state index contributed by atoms with van der Waals surface area (Å²) < 4.78 is 14.9. The molecule has 7 heteroatoms.